The lowest BCUT2D eigenvalue weighted by molar-refractivity contribution is 0.752. The minimum atomic E-state index is 0.608. The number of aromatic nitrogens is 1. The fourth-order valence-corrected chi connectivity index (χ4v) is 1.36. The van der Waals surface area contributed by atoms with E-state index >= 15 is 0 Å². The first-order chi connectivity index (χ1) is 5.33. The van der Waals surface area contributed by atoms with E-state index in [4.69, 9.17) is 6.42 Å². The highest BCUT2D eigenvalue weighted by Gasteiger charge is 1.95. The molecular formula is C8H10N2S. The smallest absolute Gasteiger partial charge is 0.0897 e. The fourth-order valence-electron chi connectivity index (χ4n) is 0.752. The van der Waals surface area contributed by atoms with Crippen LogP contribution >= 0.6 is 11.3 Å². The molecular weight excluding hydrogens is 156 g/mol. The molecule has 2 nitrogen and oxygen atoms in total. The number of hydrogen-bond donors (Lipinski definition) is 1. The third kappa shape index (κ3) is 2.71. The molecule has 0 fully saturated rings. The Kier molecular flexibility index (Phi) is 3.09. The van der Waals surface area contributed by atoms with Crippen LogP contribution < -0.4 is 5.32 Å². The van der Waals surface area contributed by atoms with E-state index in [9.17, 15) is 0 Å². The van der Waals surface area contributed by atoms with Crippen LogP contribution in [0, 0.1) is 19.3 Å². The van der Waals surface area contributed by atoms with Gasteiger partial charge in [-0.05, 0) is 6.92 Å². The molecule has 0 unspecified atom stereocenters. The van der Waals surface area contributed by atoms with Crippen molar-refractivity contribution in [2.24, 2.45) is 0 Å². The van der Waals surface area contributed by atoms with Crippen LogP contribution in [-0.4, -0.2) is 11.5 Å². The van der Waals surface area contributed by atoms with Gasteiger partial charge in [-0.1, -0.05) is 5.92 Å². The predicted molar refractivity (Wildman–Crippen MR) is 47.4 cm³/mol. The topological polar surface area (TPSA) is 24.9 Å². The van der Waals surface area contributed by atoms with Crippen molar-refractivity contribution in [3.8, 4) is 12.3 Å². The van der Waals surface area contributed by atoms with Gasteiger partial charge < -0.3 is 5.32 Å². The number of aryl methyl sites for hydroxylation is 1. The number of nitrogens with one attached hydrogen (secondary N) is 1. The zero-order chi connectivity index (χ0) is 8.10. The molecule has 0 aromatic carbocycles. The van der Waals surface area contributed by atoms with Crippen molar-refractivity contribution in [1.29, 1.82) is 0 Å². The molecule has 1 rings (SSSR count). The maximum absolute atomic E-state index is 5.07. The molecule has 0 bridgehead atoms. The molecule has 0 saturated carbocycles. The first-order valence-electron chi connectivity index (χ1n) is 3.38. The first-order valence-corrected chi connectivity index (χ1v) is 4.26. The Morgan fingerprint density at radius 2 is 2.64 bits per heavy atom. The summed E-state index contributed by atoms with van der Waals surface area (Å²) in [5.41, 5.74) is 1.07. The summed E-state index contributed by atoms with van der Waals surface area (Å²) in [6.07, 6.45) is 5.07. The zero-order valence-corrected chi connectivity index (χ0v) is 7.24. The lowest BCUT2D eigenvalue weighted by Crippen LogP contribution is -2.13. The second kappa shape index (κ2) is 4.12. The number of thiazole rings is 1. The number of terminal acetylenes is 1. The lowest BCUT2D eigenvalue weighted by atomic mass is 10.5. The standard InChI is InChI=1S/C8H10N2S/c1-3-4-9-5-8-6-11-7(2)10-8/h1,6,9H,4-5H2,2H3. The van der Waals surface area contributed by atoms with E-state index in [0.717, 1.165) is 17.2 Å². The summed E-state index contributed by atoms with van der Waals surface area (Å²) in [6.45, 7) is 3.38. The van der Waals surface area contributed by atoms with E-state index in [1.54, 1.807) is 11.3 Å². The summed E-state index contributed by atoms with van der Waals surface area (Å²) < 4.78 is 0. The largest absolute Gasteiger partial charge is 0.301 e. The predicted octanol–water partition coefficient (Wildman–Crippen LogP) is 1.17. The van der Waals surface area contributed by atoms with E-state index < -0.39 is 0 Å². The van der Waals surface area contributed by atoms with Crippen LogP contribution in [0.4, 0.5) is 0 Å². The van der Waals surface area contributed by atoms with E-state index in [2.05, 4.69) is 16.2 Å². The lowest BCUT2D eigenvalue weighted by Gasteiger charge is -1.94. The summed E-state index contributed by atoms with van der Waals surface area (Å²) in [6, 6.07) is 0. The van der Waals surface area contributed by atoms with Crippen LogP contribution in [0.1, 0.15) is 10.7 Å². The summed E-state index contributed by atoms with van der Waals surface area (Å²) in [5, 5.41) is 6.21. The highest BCUT2D eigenvalue weighted by Crippen LogP contribution is 2.06. The molecule has 0 saturated heterocycles. The minimum absolute atomic E-state index is 0.608. The summed E-state index contributed by atoms with van der Waals surface area (Å²) >= 11 is 1.66. The van der Waals surface area contributed by atoms with Gasteiger partial charge in [0.2, 0.25) is 0 Å². The Balaban J connectivity index is 2.34. The van der Waals surface area contributed by atoms with Crippen LogP contribution in [0.25, 0.3) is 0 Å². The summed E-state index contributed by atoms with van der Waals surface area (Å²) in [5.74, 6) is 2.51. The van der Waals surface area contributed by atoms with Crippen LogP contribution in [0.5, 0.6) is 0 Å². The monoisotopic (exact) mass is 166 g/mol. The molecule has 1 aromatic heterocycles. The van der Waals surface area contributed by atoms with Gasteiger partial charge in [0.05, 0.1) is 17.2 Å². The molecule has 0 spiro atoms. The molecule has 0 radical (unpaired) electrons. The molecule has 0 atom stereocenters. The van der Waals surface area contributed by atoms with E-state index in [0.29, 0.717) is 6.54 Å². The third-order valence-corrected chi connectivity index (χ3v) is 2.02. The fraction of sp³-hybridized carbons (Fsp3) is 0.375. The van der Waals surface area contributed by atoms with Crippen LogP contribution in [0.15, 0.2) is 5.38 Å². The Bertz CT molecular complexity index is 259. The SMILES string of the molecule is C#CCNCc1csc(C)n1. The molecule has 1 heterocycles. The molecule has 0 aliphatic rings. The number of hydrogen-bond acceptors (Lipinski definition) is 3. The third-order valence-electron chi connectivity index (χ3n) is 1.20. The van der Waals surface area contributed by atoms with Crippen molar-refractivity contribution < 1.29 is 0 Å². The second-order valence-electron chi connectivity index (χ2n) is 2.17. The van der Waals surface area contributed by atoms with Crippen molar-refractivity contribution in [2.45, 2.75) is 13.5 Å². The van der Waals surface area contributed by atoms with E-state index in [-0.39, 0.29) is 0 Å². The van der Waals surface area contributed by atoms with Crippen molar-refractivity contribution in [3.05, 3.63) is 16.1 Å². The quantitative estimate of drug-likeness (QED) is 0.538. The van der Waals surface area contributed by atoms with Gasteiger partial charge in [-0.3, -0.25) is 0 Å². The number of rotatable bonds is 3. The number of nitrogens with zero attached hydrogens (tertiary/aromatic N) is 1. The van der Waals surface area contributed by atoms with E-state index in [1.807, 2.05) is 12.3 Å². The molecule has 3 heteroatoms. The van der Waals surface area contributed by atoms with Crippen LogP contribution in [0.3, 0.4) is 0 Å². The van der Waals surface area contributed by atoms with Gasteiger partial charge in [0, 0.05) is 11.9 Å². The normalized spacial score (nSPS) is 9.45. The Morgan fingerprint density at radius 3 is 3.18 bits per heavy atom. The van der Waals surface area contributed by atoms with Crippen molar-refractivity contribution in [1.82, 2.24) is 10.3 Å². The van der Waals surface area contributed by atoms with Gasteiger partial charge in [-0.25, -0.2) is 4.98 Å². The Hall–Kier alpha value is -0.850. The zero-order valence-electron chi connectivity index (χ0n) is 6.42. The molecule has 0 aliphatic carbocycles. The Labute approximate surface area is 70.7 Å². The van der Waals surface area contributed by atoms with Crippen LogP contribution in [0.2, 0.25) is 0 Å². The Morgan fingerprint density at radius 1 is 1.82 bits per heavy atom. The molecule has 0 amide bonds. The first kappa shape index (κ1) is 8.25. The molecule has 11 heavy (non-hydrogen) atoms. The maximum Gasteiger partial charge on any atom is 0.0897 e. The van der Waals surface area contributed by atoms with Gasteiger partial charge in [-0.2, -0.15) is 0 Å². The summed E-state index contributed by atoms with van der Waals surface area (Å²) in [7, 11) is 0. The van der Waals surface area contributed by atoms with Crippen molar-refractivity contribution in [2.75, 3.05) is 6.54 Å². The maximum atomic E-state index is 5.07. The van der Waals surface area contributed by atoms with E-state index in [1.165, 1.54) is 0 Å². The average molecular weight is 166 g/mol. The average Bonchev–Trinajstić information content (AvgIpc) is 2.37. The summed E-state index contributed by atoms with van der Waals surface area (Å²) in [4.78, 5) is 4.27. The molecule has 0 aliphatic heterocycles. The van der Waals surface area contributed by atoms with Gasteiger partial charge in [0.1, 0.15) is 0 Å². The van der Waals surface area contributed by atoms with Crippen LogP contribution in [-0.2, 0) is 6.54 Å². The van der Waals surface area contributed by atoms with Gasteiger partial charge in [-0.15, -0.1) is 17.8 Å². The van der Waals surface area contributed by atoms with Gasteiger partial charge in [0.25, 0.3) is 0 Å². The van der Waals surface area contributed by atoms with Crippen molar-refractivity contribution in [3.63, 3.8) is 0 Å². The van der Waals surface area contributed by atoms with Gasteiger partial charge >= 0.3 is 0 Å². The highest BCUT2D eigenvalue weighted by atomic mass is 32.1. The molecule has 1 N–H and O–H groups in total. The van der Waals surface area contributed by atoms with Crippen molar-refractivity contribution >= 4 is 11.3 Å². The highest BCUT2D eigenvalue weighted by molar-refractivity contribution is 7.09. The second-order valence-corrected chi connectivity index (χ2v) is 3.23. The molecule has 58 valence electrons. The molecule has 1 aromatic rings. The van der Waals surface area contributed by atoms with Gasteiger partial charge in [0.15, 0.2) is 0 Å². The minimum Gasteiger partial charge on any atom is -0.301 e.